The summed E-state index contributed by atoms with van der Waals surface area (Å²) in [5.41, 5.74) is 7.41. The fourth-order valence-corrected chi connectivity index (χ4v) is 4.14. The van der Waals surface area contributed by atoms with Crippen LogP contribution in [0.3, 0.4) is 0 Å². The second-order valence-corrected chi connectivity index (χ2v) is 6.85. The molecule has 2 N–H and O–H groups in total. The highest BCUT2D eigenvalue weighted by Crippen LogP contribution is 2.41. The Labute approximate surface area is 131 Å². The van der Waals surface area contributed by atoms with Gasteiger partial charge in [-0.3, -0.25) is 4.79 Å². The second kappa shape index (κ2) is 5.98. The van der Waals surface area contributed by atoms with Gasteiger partial charge < -0.3 is 10.6 Å². The number of hydrogen-bond acceptors (Lipinski definition) is 2. The number of likely N-dealkylation sites (tertiary alicyclic amines) is 1. The van der Waals surface area contributed by atoms with Crippen molar-refractivity contribution in [2.75, 3.05) is 13.1 Å². The minimum Gasteiger partial charge on any atom is -0.340 e. The van der Waals surface area contributed by atoms with Crippen molar-refractivity contribution >= 4 is 17.5 Å². The van der Waals surface area contributed by atoms with Crippen LogP contribution < -0.4 is 5.73 Å². The predicted molar refractivity (Wildman–Crippen MR) is 85.4 cm³/mol. The van der Waals surface area contributed by atoms with Crippen molar-refractivity contribution in [3.8, 4) is 0 Å². The van der Waals surface area contributed by atoms with E-state index in [1.54, 1.807) is 0 Å². The molecule has 3 rings (SSSR count). The van der Waals surface area contributed by atoms with E-state index in [0.29, 0.717) is 18.5 Å². The van der Waals surface area contributed by atoms with Crippen molar-refractivity contribution < 1.29 is 4.79 Å². The lowest BCUT2D eigenvalue weighted by atomic mass is 9.68. The van der Waals surface area contributed by atoms with E-state index in [1.807, 2.05) is 12.1 Å². The van der Waals surface area contributed by atoms with Crippen molar-refractivity contribution in [1.29, 1.82) is 0 Å². The van der Waals surface area contributed by atoms with E-state index < -0.39 is 0 Å². The Morgan fingerprint density at radius 2 is 2.10 bits per heavy atom. The minimum atomic E-state index is 0.0319. The lowest BCUT2D eigenvalue weighted by Crippen LogP contribution is -2.45. The van der Waals surface area contributed by atoms with Crippen molar-refractivity contribution in [1.82, 2.24) is 4.90 Å². The molecular weight excluding hydrogens is 284 g/mol. The van der Waals surface area contributed by atoms with E-state index >= 15 is 0 Å². The molecule has 1 aromatic carbocycles. The highest BCUT2D eigenvalue weighted by atomic mass is 35.5. The SMILES string of the molecule is NC[C@]1(c2cccc(Cl)c2)CC[C@H](N2CCCC2=O)CC1. The van der Waals surface area contributed by atoms with Crippen LogP contribution in [-0.4, -0.2) is 29.9 Å². The van der Waals surface area contributed by atoms with E-state index in [1.165, 1.54) is 5.56 Å². The van der Waals surface area contributed by atoms with Crippen LogP contribution in [0.2, 0.25) is 5.02 Å². The Balaban J connectivity index is 1.74. The summed E-state index contributed by atoms with van der Waals surface area (Å²) in [7, 11) is 0. The third-order valence-corrected chi connectivity index (χ3v) is 5.53. The molecule has 0 atom stereocenters. The molecule has 1 saturated carbocycles. The molecule has 1 saturated heterocycles. The number of amides is 1. The number of rotatable bonds is 3. The maximum absolute atomic E-state index is 11.9. The lowest BCUT2D eigenvalue weighted by molar-refractivity contribution is -0.130. The Hall–Kier alpha value is -1.06. The largest absolute Gasteiger partial charge is 0.340 e. The number of nitrogens with zero attached hydrogens (tertiary/aromatic N) is 1. The number of hydrogen-bond donors (Lipinski definition) is 1. The molecule has 2 aliphatic rings. The molecule has 1 aliphatic carbocycles. The molecule has 0 bridgehead atoms. The normalized spacial score (nSPS) is 29.9. The molecule has 1 aromatic rings. The summed E-state index contributed by atoms with van der Waals surface area (Å²) in [6.07, 6.45) is 5.93. The summed E-state index contributed by atoms with van der Waals surface area (Å²) >= 11 is 6.14. The maximum Gasteiger partial charge on any atom is 0.222 e. The molecule has 1 heterocycles. The van der Waals surface area contributed by atoms with E-state index in [9.17, 15) is 4.79 Å². The first-order chi connectivity index (χ1) is 10.1. The summed E-state index contributed by atoms with van der Waals surface area (Å²) < 4.78 is 0. The van der Waals surface area contributed by atoms with E-state index in [2.05, 4.69) is 17.0 Å². The molecule has 1 amide bonds. The monoisotopic (exact) mass is 306 g/mol. The first kappa shape index (κ1) is 14.9. The van der Waals surface area contributed by atoms with Gasteiger partial charge in [0.1, 0.15) is 0 Å². The fraction of sp³-hybridized carbons (Fsp3) is 0.588. The van der Waals surface area contributed by atoms with E-state index in [-0.39, 0.29) is 5.41 Å². The van der Waals surface area contributed by atoms with Crippen LogP contribution in [0.15, 0.2) is 24.3 Å². The van der Waals surface area contributed by atoms with Gasteiger partial charge in [-0.05, 0) is 49.8 Å². The standard InChI is InChI=1S/C17H23ClN2O/c18-14-4-1-3-13(11-14)17(12-19)8-6-15(7-9-17)20-10-2-5-16(20)21/h1,3-4,11,15H,2,5-10,12,19H2/t15-,17-. The number of halogens is 1. The molecule has 21 heavy (non-hydrogen) atoms. The third kappa shape index (κ3) is 2.82. The number of carbonyl (C=O) groups excluding carboxylic acids is 1. The highest BCUT2D eigenvalue weighted by molar-refractivity contribution is 6.30. The van der Waals surface area contributed by atoms with Gasteiger partial charge in [0.15, 0.2) is 0 Å². The topological polar surface area (TPSA) is 46.3 Å². The Morgan fingerprint density at radius 3 is 2.67 bits per heavy atom. The zero-order chi connectivity index (χ0) is 14.9. The first-order valence-electron chi connectivity index (χ1n) is 7.90. The zero-order valence-electron chi connectivity index (χ0n) is 12.4. The third-order valence-electron chi connectivity index (χ3n) is 5.29. The summed E-state index contributed by atoms with van der Waals surface area (Å²) in [5, 5.41) is 0.775. The lowest BCUT2D eigenvalue weighted by Gasteiger charge is -2.42. The smallest absolute Gasteiger partial charge is 0.222 e. The summed E-state index contributed by atoms with van der Waals surface area (Å²) in [6, 6.07) is 8.52. The molecule has 0 unspecified atom stereocenters. The molecule has 4 heteroatoms. The molecular formula is C17H23ClN2O. The van der Waals surface area contributed by atoms with Crippen LogP contribution in [-0.2, 0) is 10.2 Å². The van der Waals surface area contributed by atoms with Gasteiger partial charge >= 0.3 is 0 Å². The number of nitrogens with two attached hydrogens (primary N) is 1. The average Bonchev–Trinajstić information content (AvgIpc) is 2.93. The highest BCUT2D eigenvalue weighted by Gasteiger charge is 2.39. The van der Waals surface area contributed by atoms with E-state index in [0.717, 1.165) is 50.1 Å². The summed E-state index contributed by atoms with van der Waals surface area (Å²) in [6.45, 7) is 1.59. The van der Waals surface area contributed by atoms with Gasteiger partial charge in [0.2, 0.25) is 5.91 Å². The molecule has 1 aliphatic heterocycles. The Morgan fingerprint density at radius 1 is 1.33 bits per heavy atom. The predicted octanol–water partition coefficient (Wildman–Crippen LogP) is 3.10. The fourth-order valence-electron chi connectivity index (χ4n) is 3.95. The van der Waals surface area contributed by atoms with Crippen LogP contribution in [0.5, 0.6) is 0 Å². The number of benzene rings is 1. The minimum absolute atomic E-state index is 0.0319. The van der Waals surface area contributed by atoms with Crippen LogP contribution in [0.1, 0.15) is 44.1 Å². The van der Waals surface area contributed by atoms with Gasteiger partial charge in [-0.25, -0.2) is 0 Å². The van der Waals surface area contributed by atoms with Gasteiger partial charge in [-0.15, -0.1) is 0 Å². The van der Waals surface area contributed by atoms with Crippen molar-refractivity contribution in [3.05, 3.63) is 34.9 Å². The van der Waals surface area contributed by atoms with Crippen molar-refractivity contribution in [3.63, 3.8) is 0 Å². The van der Waals surface area contributed by atoms with Crippen LogP contribution >= 0.6 is 11.6 Å². The van der Waals surface area contributed by atoms with Crippen LogP contribution in [0, 0.1) is 0 Å². The maximum atomic E-state index is 11.9. The van der Waals surface area contributed by atoms with Gasteiger partial charge in [0.05, 0.1) is 0 Å². The summed E-state index contributed by atoms with van der Waals surface area (Å²) in [4.78, 5) is 14.0. The van der Waals surface area contributed by atoms with Gasteiger partial charge in [-0.2, -0.15) is 0 Å². The van der Waals surface area contributed by atoms with Gasteiger partial charge in [-0.1, -0.05) is 23.7 Å². The molecule has 2 fully saturated rings. The van der Waals surface area contributed by atoms with Crippen molar-refractivity contribution in [2.45, 2.75) is 50.0 Å². The first-order valence-corrected chi connectivity index (χ1v) is 8.28. The molecule has 0 aromatic heterocycles. The second-order valence-electron chi connectivity index (χ2n) is 6.42. The number of carbonyl (C=O) groups is 1. The molecule has 114 valence electrons. The Kier molecular flexibility index (Phi) is 4.23. The Bertz CT molecular complexity index is 523. The average molecular weight is 307 g/mol. The molecule has 3 nitrogen and oxygen atoms in total. The quantitative estimate of drug-likeness (QED) is 0.932. The molecule has 0 spiro atoms. The van der Waals surface area contributed by atoms with Crippen LogP contribution in [0.25, 0.3) is 0 Å². The van der Waals surface area contributed by atoms with Gasteiger partial charge in [0.25, 0.3) is 0 Å². The van der Waals surface area contributed by atoms with Gasteiger partial charge in [0, 0.05) is 36.0 Å². The summed E-state index contributed by atoms with van der Waals surface area (Å²) in [5.74, 6) is 0.336. The van der Waals surface area contributed by atoms with Crippen molar-refractivity contribution in [2.24, 2.45) is 5.73 Å². The van der Waals surface area contributed by atoms with Crippen LogP contribution in [0.4, 0.5) is 0 Å². The molecule has 0 radical (unpaired) electrons. The van der Waals surface area contributed by atoms with E-state index in [4.69, 9.17) is 17.3 Å². The zero-order valence-corrected chi connectivity index (χ0v) is 13.1.